The Hall–Kier alpha value is -1.06. The quantitative estimate of drug-likeness (QED) is 0.695. The van der Waals surface area contributed by atoms with E-state index in [2.05, 4.69) is 5.32 Å². The molecule has 2 atom stereocenters. The number of aryl methyl sites for hydroxylation is 1. The van der Waals surface area contributed by atoms with E-state index in [1.54, 1.807) is 0 Å². The monoisotopic (exact) mass is 219 g/mol. The number of nitrogens with one attached hydrogen (secondary N) is 1. The minimum absolute atomic E-state index is 0.182. The van der Waals surface area contributed by atoms with Crippen molar-refractivity contribution in [2.45, 2.75) is 31.5 Å². The Kier molecular flexibility index (Phi) is 2.19. The molecule has 1 spiro atoms. The number of hydrogen-bond donors (Lipinski definition) is 2. The molecule has 1 fully saturated rings. The Morgan fingerprint density at radius 2 is 2.38 bits per heavy atom. The largest absolute Gasteiger partial charge is 0.485 e. The van der Waals surface area contributed by atoms with Crippen LogP contribution in [0.3, 0.4) is 0 Å². The molecule has 2 heterocycles. The molecule has 1 aromatic rings. The maximum Gasteiger partial charge on any atom is 0.128 e. The SMILES string of the molecule is Cc1cccc2c1OC1(CCNC1)CC2O. The van der Waals surface area contributed by atoms with E-state index in [1.165, 1.54) is 0 Å². The fraction of sp³-hybridized carbons (Fsp3) is 0.538. The summed E-state index contributed by atoms with van der Waals surface area (Å²) in [6.45, 7) is 3.86. The summed E-state index contributed by atoms with van der Waals surface area (Å²) in [6, 6.07) is 5.97. The van der Waals surface area contributed by atoms with Gasteiger partial charge in [0, 0.05) is 24.9 Å². The maximum atomic E-state index is 10.2. The van der Waals surface area contributed by atoms with Crippen molar-refractivity contribution < 1.29 is 9.84 Å². The van der Waals surface area contributed by atoms with Crippen molar-refractivity contribution in [3.63, 3.8) is 0 Å². The number of rotatable bonds is 0. The minimum Gasteiger partial charge on any atom is -0.485 e. The molecule has 0 aromatic heterocycles. The highest BCUT2D eigenvalue weighted by atomic mass is 16.5. The van der Waals surface area contributed by atoms with Crippen LogP contribution in [-0.4, -0.2) is 23.8 Å². The summed E-state index contributed by atoms with van der Waals surface area (Å²) in [7, 11) is 0. The van der Waals surface area contributed by atoms with Gasteiger partial charge in [-0.15, -0.1) is 0 Å². The average Bonchev–Trinajstić information content (AvgIpc) is 2.68. The van der Waals surface area contributed by atoms with Crippen molar-refractivity contribution in [1.29, 1.82) is 0 Å². The third kappa shape index (κ3) is 1.43. The molecular formula is C13H17NO2. The van der Waals surface area contributed by atoms with Crippen LogP contribution in [-0.2, 0) is 0 Å². The van der Waals surface area contributed by atoms with Crippen LogP contribution in [0.5, 0.6) is 5.75 Å². The van der Waals surface area contributed by atoms with Gasteiger partial charge in [0.2, 0.25) is 0 Å². The second-order valence-corrected chi connectivity index (χ2v) is 4.93. The highest BCUT2D eigenvalue weighted by molar-refractivity contribution is 5.44. The fourth-order valence-electron chi connectivity index (χ4n) is 2.78. The highest BCUT2D eigenvalue weighted by Crippen LogP contribution is 2.43. The van der Waals surface area contributed by atoms with Crippen LogP contribution in [0.1, 0.15) is 30.1 Å². The first-order valence-electron chi connectivity index (χ1n) is 5.88. The zero-order valence-electron chi connectivity index (χ0n) is 9.49. The molecule has 16 heavy (non-hydrogen) atoms. The van der Waals surface area contributed by atoms with E-state index < -0.39 is 0 Å². The number of aliphatic hydroxyl groups excluding tert-OH is 1. The Bertz CT molecular complexity index is 410. The lowest BCUT2D eigenvalue weighted by molar-refractivity contribution is -0.000899. The van der Waals surface area contributed by atoms with E-state index in [0.717, 1.165) is 36.4 Å². The summed E-state index contributed by atoms with van der Waals surface area (Å²) in [4.78, 5) is 0. The summed E-state index contributed by atoms with van der Waals surface area (Å²) in [6.07, 6.45) is 1.30. The van der Waals surface area contributed by atoms with Crippen molar-refractivity contribution >= 4 is 0 Å². The molecule has 0 aliphatic carbocycles. The lowest BCUT2D eigenvalue weighted by Gasteiger charge is -2.38. The Morgan fingerprint density at radius 1 is 1.50 bits per heavy atom. The van der Waals surface area contributed by atoms with Gasteiger partial charge in [0.1, 0.15) is 11.4 Å². The van der Waals surface area contributed by atoms with Crippen LogP contribution in [0.15, 0.2) is 18.2 Å². The average molecular weight is 219 g/mol. The Balaban J connectivity index is 2.04. The molecule has 0 amide bonds. The van der Waals surface area contributed by atoms with Crippen molar-refractivity contribution in [3.8, 4) is 5.75 Å². The second-order valence-electron chi connectivity index (χ2n) is 4.93. The van der Waals surface area contributed by atoms with Crippen LogP contribution < -0.4 is 10.1 Å². The molecule has 0 saturated carbocycles. The number of ether oxygens (including phenoxy) is 1. The smallest absolute Gasteiger partial charge is 0.128 e. The van der Waals surface area contributed by atoms with Gasteiger partial charge in [-0.05, 0) is 19.0 Å². The van der Waals surface area contributed by atoms with E-state index >= 15 is 0 Å². The molecule has 2 aliphatic rings. The molecule has 3 nitrogen and oxygen atoms in total. The molecule has 1 saturated heterocycles. The number of para-hydroxylation sites is 1. The van der Waals surface area contributed by atoms with Crippen molar-refractivity contribution in [1.82, 2.24) is 5.32 Å². The van der Waals surface area contributed by atoms with Crippen molar-refractivity contribution in [2.75, 3.05) is 13.1 Å². The van der Waals surface area contributed by atoms with Crippen LogP contribution in [0.2, 0.25) is 0 Å². The maximum absolute atomic E-state index is 10.2. The summed E-state index contributed by atoms with van der Waals surface area (Å²) in [5.41, 5.74) is 1.87. The first-order chi connectivity index (χ1) is 7.70. The van der Waals surface area contributed by atoms with Gasteiger partial charge < -0.3 is 15.2 Å². The molecule has 2 unspecified atom stereocenters. The highest BCUT2D eigenvalue weighted by Gasteiger charge is 2.43. The van der Waals surface area contributed by atoms with E-state index in [-0.39, 0.29) is 11.7 Å². The first kappa shape index (κ1) is 10.1. The number of benzene rings is 1. The molecule has 86 valence electrons. The van der Waals surface area contributed by atoms with Crippen LogP contribution in [0.25, 0.3) is 0 Å². The van der Waals surface area contributed by atoms with E-state index in [1.807, 2.05) is 25.1 Å². The third-order valence-corrected chi connectivity index (χ3v) is 3.69. The molecule has 3 rings (SSSR count). The minimum atomic E-state index is -0.386. The first-order valence-corrected chi connectivity index (χ1v) is 5.88. The number of fused-ring (bicyclic) bond motifs is 1. The van der Waals surface area contributed by atoms with E-state index in [9.17, 15) is 5.11 Å². The van der Waals surface area contributed by atoms with Gasteiger partial charge in [-0.1, -0.05) is 18.2 Å². The molecule has 2 aliphatic heterocycles. The van der Waals surface area contributed by atoms with Crippen LogP contribution in [0.4, 0.5) is 0 Å². The Labute approximate surface area is 95.4 Å². The predicted molar refractivity (Wildman–Crippen MR) is 61.6 cm³/mol. The lowest BCUT2D eigenvalue weighted by Crippen LogP contribution is -2.43. The summed E-state index contributed by atoms with van der Waals surface area (Å²) in [5.74, 6) is 0.893. The van der Waals surface area contributed by atoms with Gasteiger partial charge in [-0.25, -0.2) is 0 Å². The Morgan fingerprint density at radius 3 is 3.12 bits per heavy atom. The molecular weight excluding hydrogens is 202 g/mol. The van der Waals surface area contributed by atoms with Crippen molar-refractivity contribution in [3.05, 3.63) is 29.3 Å². The van der Waals surface area contributed by atoms with Crippen LogP contribution in [0, 0.1) is 6.92 Å². The third-order valence-electron chi connectivity index (χ3n) is 3.69. The number of hydrogen-bond acceptors (Lipinski definition) is 3. The van der Waals surface area contributed by atoms with E-state index in [0.29, 0.717) is 6.42 Å². The lowest BCUT2D eigenvalue weighted by atomic mass is 9.87. The number of aliphatic hydroxyl groups is 1. The standard InChI is InChI=1S/C13H17NO2/c1-9-3-2-4-10-11(15)7-13(16-12(9)10)5-6-14-8-13/h2-4,11,14-15H,5-8H2,1H3. The van der Waals surface area contributed by atoms with E-state index in [4.69, 9.17) is 4.74 Å². The molecule has 1 aromatic carbocycles. The molecule has 2 N–H and O–H groups in total. The molecule has 0 radical (unpaired) electrons. The molecule has 0 bridgehead atoms. The van der Waals surface area contributed by atoms with Gasteiger partial charge in [-0.2, -0.15) is 0 Å². The summed E-state index contributed by atoms with van der Waals surface area (Å²) >= 11 is 0. The predicted octanol–water partition coefficient (Wildman–Crippen LogP) is 1.54. The van der Waals surface area contributed by atoms with Crippen molar-refractivity contribution in [2.24, 2.45) is 0 Å². The zero-order chi connectivity index (χ0) is 11.2. The topological polar surface area (TPSA) is 41.5 Å². The van der Waals surface area contributed by atoms with Gasteiger partial charge in [0.25, 0.3) is 0 Å². The van der Waals surface area contributed by atoms with Gasteiger partial charge in [0.15, 0.2) is 0 Å². The van der Waals surface area contributed by atoms with Gasteiger partial charge in [0.05, 0.1) is 6.10 Å². The van der Waals surface area contributed by atoms with Gasteiger partial charge >= 0.3 is 0 Å². The van der Waals surface area contributed by atoms with Crippen LogP contribution >= 0.6 is 0 Å². The molecule has 3 heteroatoms. The van der Waals surface area contributed by atoms with Gasteiger partial charge in [-0.3, -0.25) is 0 Å². The second kappa shape index (κ2) is 3.47. The zero-order valence-corrected chi connectivity index (χ0v) is 9.49. The summed E-state index contributed by atoms with van der Waals surface area (Å²) in [5, 5.41) is 13.5. The normalized spacial score (nSPS) is 32.5. The fourth-order valence-corrected chi connectivity index (χ4v) is 2.78. The summed E-state index contributed by atoms with van der Waals surface area (Å²) < 4.78 is 6.16.